The summed E-state index contributed by atoms with van der Waals surface area (Å²) >= 11 is 0. The van der Waals surface area contributed by atoms with Gasteiger partial charge in [0, 0.05) is 0 Å². The second kappa shape index (κ2) is 7.39. The Morgan fingerprint density at radius 3 is 2.04 bits per heavy atom. The topological polar surface area (TPSA) is 83.5 Å². The van der Waals surface area contributed by atoms with E-state index >= 15 is 0 Å². The highest BCUT2D eigenvalue weighted by molar-refractivity contribution is 7.89. The molecular formula is C17H19NO4S. The van der Waals surface area contributed by atoms with Crippen molar-refractivity contribution >= 4 is 16.0 Å². The van der Waals surface area contributed by atoms with Gasteiger partial charge >= 0.3 is 5.97 Å². The number of rotatable bonds is 7. The summed E-state index contributed by atoms with van der Waals surface area (Å²) in [5.74, 6) is -1.21. The van der Waals surface area contributed by atoms with Crippen molar-refractivity contribution in [2.45, 2.75) is 30.7 Å². The van der Waals surface area contributed by atoms with Crippen LogP contribution in [0.5, 0.6) is 0 Å². The van der Waals surface area contributed by atoms with Gasteiger partial charge in [-0.15, -0.1) is 0 Å². The molecule has 1 atom stereocenters. The molecule has 2 rings (SSSR count). The highest BCUT2D eigenvalue weighted by atomic mass is 32.2. The zero-order valence-corrected chi connectivity index (χ0v) is 13.6. The van der Waals surface area contributed by atoms with E-state index in [1.165, 1.54) is 24.6 Å². The summed E-state index contributed by atoms with van der Waals surface area (Å²) in [5.41, 5.74) is 2.25. The number of carbonyl (C=O) groups is 1. The van der Waals surface area contributed by atoms with E-state index in [2.05, 4.69) is 16.9 Å². The molecule has 122 valence electrons. The van der Waals surface area contributed by atoms with Crippen molar-refractivity contribution < 1.29 is 18.3 Å². The SMILES string of the molecule is CC(NS(=O)(=O)c1ccc(CCc2ccccc2)cc1)C(=O)O. The first-order valence-electron chi connectivity index (χ1n) is 7.26. The number of sulfonamides is 1. The summed E-state index contributed by atoms with van der Waals surface area (Å²) in [6.45, 7) is 1.29. The van der Waals surface area contributed by atoms with Crippen LogP contribution in [0.2, 0.25) is 0 Å². The van der Waals surface area contributed by atoms with Gasteiger partial charge in [0.15, 0.2) is 0 Å². The molecule has 2 N–H and O–H groups in total. The molecule has 0 spiro atoms. The molecule has 0 bridgehead atoms. The number of aliphatic carboxylic acids is 1. The van der Waals surface area contributed by atoms with Crippen molar-refractivity contribution in [2.24, 2.45) is 0 Å². The maximum atomic E-state index is 12.1. The molecule has 0 amide bonds. The van der Waals surface area contributed by atoms with E-state index in [1.807, 2.05) is 18.2 Å². The zero-order valence-electron chi connectivity index (χ0n) is 12.8. The standard InChI is InChI=1S/C17H19NO4S/c1-13(17(19)20)18-23(21,22)16-11-9-15(10-12-16)8-7-14-5-3-2-4-6-14/h2-6,9-13,18H,7-8H2,1H3,(H,19,20). The predicted molar refractivity (Wildman–Crippen MR) is 87.7 cm³/mol. The molecule has 6 heteroatoms. The number of benzene rings is 2. The lowest BCUT2D eigenvalue weighted by atomic mass is 10.0. The maximum Gasteiger partial charge on any atom is 0.321 e. The van der Waals surface area contributed by atoms with Gasteiger partial charge in [-0.1, -0.05) is 42.5 Å². The van der Waals surface area contributed by atoms with Gasteiger partial charge in [-0.3, -0.25) is 4.79 Å². The number of carboxylic acid groups (broad SMARTS) is 1. The summed E-state index contributed by atoms with van der Waals surface area (Å²) in [6.07, 6.45) is 1.69. The maximum absolute atomic E-state index is 12.1. The summed E-state index contributed by atoms with van der Waals surface area (Å²) in [6, 6.07) is 15.4. The largest absolute Gasteiger partial charge is 0.480 e. The third kappa shape index (κ3) is 4.91. The Bertz CT molecular complexity index is 755. The molecule has 0 fully saturated rings. The lowest BCUT2D eigenvalue weighted by Crippen LogP contribution is -2.38. The number of aryl methyl sites for hydroxylation is 2. The fraction of sp³-hybridized carbons (Fsp3) is 0.235. The molecule has 0 aliphatic heterocycles. The lowest BCUT2D eigenvalue weighted by molar-refractivity contribution is -0.138. The van der Waals surface area contributed by atoms with Gasteiger partial charge in [0.05, 0.1) is 4.90 Å². The molecule has 23 heavy (non-hydrogen) atoms. The molecule has 0 aromatic heterocycles. The zero-order chi connectivity index (χ0) is 16.9. The number of nitrogens with one attached hydrogen (secondary N) is 1. The molecule has 0 aliphatic carbocycles. The molecule has 0 saturated heterocycles. The molecule has 5 nitrogen and oxygen atoms in total. The van der Waals surface area contributed by atoms with E-state index in [1.54, 1.807) is 12.1 Å². The van der Waals surface area contributed by atoms with Crippen LogP contribution in [0.1, 0.15) is 18.1 Å². The third-order valence-electron chi connectivity index (χ3n) is 3.48. The predicted octanol–water partition coefficient (Wildman–Crippen LogP) is 2.22. The Labute approximate surface area is 136 Å². The monoisotopic (exact) mass is 333 g/mol. The molecule has 2 aromatic rings. The van der Waals surface area contributed by atoms with Crippen LogP contribution in [0.15, 0.2) is 59.5 Å². The second-order valence-corrected chi connectivity index (χ2v) is 7.02. The van der Waals surface area contributed by atoms with Gasteiger partial charge in [-0.25, -0.2) is 8.42 Å². The minimum absolute atomic E-state index is 0.0639. The molecule has 2 aromatic carbocycles. The van der Waals surface area contributed by atoms with E-state index in [4.69, 9.17) is 5.11 Å². The number of carboxylic acids is 1. The van der Waals surface area contributed by atoms with Crippen LogP contribution in [0.3, 0.4) is 0 Å². The van der Waals surface area contributed by atoms with E-state index < -0.39 is 22.0 Å². The van der Waals surface area contributed by atoms with Crippen LogP contribution in [-0.2, 0) is 27.7 Å². The number of hydrogen-bond acceptors (Lipinski definition) is 3. The van der Waals surface area contributed by atoms with E-state index in [0.29, 0.717) is 0 Å². The average molecular weight is 333 g/mol. The summed E-state index contributed by atoms with van der Waals surface area (Å²) in [4.78, 5) is 10.8. The van der Waals surface area contributed by atoms with Gasteiger partial charge in [0.1, 0.15) is 6.04 Å². The summed E-state index contributed by atoms with van der Waals surface area (Å²) in [5, 5.41) is 8.79. The lowest BCUT2D eigenvalue weighted by Gasteiger charge is -2.10. The van der Waals surface area contributed by atoms with Crippen LogP contribution >= 0.6 is 0 Å². The Kier molecular flexibility index (Phi) is 5.52. The smallest absolute Gasteiger partial charge is 0.321 e. The quantitative estimate of drug-likeness (QED) is 0.814. The van der Waals surface area contributed by atoms with Crippen LogP contribution in [0.4, 0.5) is 0 Å². The van der Waals surface area contributed by atoms with E-state index in [9.17, 15) is 13.2 Å². The molecule has 0 radical (unpaired) electrons. The molecular weight excluding hydrogens is 314 g/mol. The molecule has 1 unspecified atom stereocenters. The average Bonchev–Trinajstić information content (AvgIpc) is 2.54. The Morgan fingerprint density at radius 2 is 1.52 bits per heavy atom. The Hall–Kier alpha value is -2.18. The highest BCUT2D eigenvalue weighted by Gasteiger charge is 2.21. The normalized spacial score (nSPS) is 12.7. The van der Waals surface area contributed by atoms with Gasteiger partial charge in [-0.2, -0.15) is 4.72 Å². The number of hydrogen-bond donors (Lipinski definition) is 2. The summed E-state index contributed by atoms with van der Waals surface area (Å²) in [7, 11) is -3.82. The van der Waals surface area contributed by atoms with Crippen LogP contribution < -0.4 is 4.72 Å². The Balaban J connectivity index is 2.02. The van der Waals surface area contributed by atoms with Gasteiger partial charge in [-0.05, 0) is 43.0 Å². The third-order valence-corrected chi connectivity index (χ3v) is 5.04. The van der Waals surface area contributed by atoms with Crippen LogP contribution in [0.25, 0.3) is 0 Å². The minimum atomic E-state index is -3.82. The van der Waals surface area contributed by atoms with Crippen molar-refractivity contribution in [3.05, 3.63) is 65.7 Å². The van der Waals surface area contributed by atoms with E-state index in [0.717, 1.165) is 18.4 Å². The van der Waals surface area contributed by atoms with Crippen molar-refractivity contribution in [2.75, 3.05) is 0 Å². The molecule has 0 saturated carbocycles. The van der Waals surface area contributed by atoms with Crippen molar-refractivity contribution in [1.29, 1.82) is 0 Å². The fourth-order valence-electron chi connectivity index (χ4n) is 2.12. The van der Waals surface area contributed by atoms with Gasteiger partial charge in [0.25, 0.3) is 0 Å². The Morgan fingerprint density at radius 1 is 1.00 bits per heavy atom. The molecule has 0 aliphatic rings. The highest BCUT2D eigenvalue weighted by Crippen LogP contribution is 2.13. The fourth-order valence-corrected chi connectivity index (χ4v) is 3.32. The second-order valence-electron chi connectivity index (χ2n) is 5.31. The first kappa shape index (κ1) is 17.2. The van der Waals surface area contributed by atoms with Crippen LogP contribution in [0, 0.1) is 0 Å². The van der Waals surface area contributed by atoms with Crippen molar-refractivity contribution in [1.82, 2.24) is 4.72 Å². The first-order valence-corrected chi connectivity index (χ1v) is 8.75. The van der Waals surface area contributed by atoms with Crippen LogP contribution in [-0.4, -0.2) is 25.5 Å². The summed E-state index contributed by atoms with van der Waals surface area (Å²) < 4.78 is 26.2. The van der Waals surface area contributed by atoms with Gasteiger partial charge in [0.2, 0.25) is 10.0 Å². The van der Waals surface area contributed by atoms with Crippen molar-refractivity contribution in [3.8, 4) is 0 Å². The minimum Gasteiger partial charge on any atom is -0.480 e. The van der Waals surface area contributed by atoms with E-state index in [-0.39, 0.29) is 4.90 Å². The molecule has 0 heterocycles. The van der Waals surface area contributed by atoms with Gasteiger partial charge < -0.3 is 5.11 Å². The van der Waals surface area contributed by atoms with Crippen molar-refractivity contribution in [3.63, 3.8) is 0 Å². The first-order chi connectivity index (χ1) is 10.9.